The van der Waals surface area contributed by atoms with Crippen LogP contribution in [0.1, 0.15) is 27.9 Å². The smallest absolute Gasteiger partial charge is 0.338 e. The minimum Gasteiger partial charge on any atom is -0.457 e. The van der Waals surface area contributed by atoms with Crippen molar-refractivity contribution in [2.75, 3.05) is 31.5 Å². The number of hydrogen-bond donors (Lipinski definition) is 1. The molecular formula is C20H22N4O3. The molecule has 1 fully saturated rings. The molecule has 3 heterocycles. The van der Waals surface area contributed by atoms with Gasteiger partial charge in [-0.25, -0.2) is 9.59 Å². The molecule has 1 aromatic carbocycles. The van der Waals surface area contributed by atoms with Gasteiger partial charge in [-0.1, -0.05) is 0 Å². The molecule has 1 saturated heterocycles. The molecule has 140 valence electrons. The predicted molar refractivity (Wildman–Crippen MR) is 100 cm³/mol. The van der Waals surface area contributed by atoms with Gasteiger partial charge in [0.15, 0.2) is 0 Å². The monoisotopic (exact) mass is 366 g/mol. The number of esters is 1. The van der Waals surface area contributed by atoms with E-state index < -0.39 is 0 Å². The number of benzene rings is 1. The maximum absolute atomic E-state index is 12.6. The van der Waals surface area contributed by atoms with Crippen molar-refractivity contribution >= 4 is 17.7 Å². The number of nitrogens with one attached hydrogen (secondary N) is 1. The van der Waals surface area contributed by atoms with Gasteiger partial charge >= 0.3 is 12.0 Å². The average molecular weight is 366 g/mol. The van der Waals surface area contributed by atoms with E-state index in [1.807, 2.05) is 35.5 Å². The molecule has 2 aromatic rings. The summed E-state index contributed by atoms with van der Waals surface area (Å²) >= 11 is 0. The number of urea groups is 1. The summed E-state index contributed by atoms with van der Waals surface area (Å²) in [4.78, 5) is 32.4. The lowest BCUT2D eigenvalue weighted by Crippen LogP contribution is -2.38. The number of cyclic esters (lactones) is 1. The topological polar surface area (TPSA) is 74.8 Å². The molecule has 0 radical (unpaired) electrons. The Balaban J connectivity index is 1.34. The van der Waals surface area contributed by atoms with Gasteiger partial charge in [-0.3, -0.25) is 9.88 Å². The van der Waals surface area contributed by atoms with Gasteiger partial charge in [-0.2, -0.15) is 0 Å². The molecule has 2 aliphatic rings. The second-order valence-corrected chi connectivity index (χ2v) is 6.85. The molecule has 0 spiro atoms. The van der Waals surface area contributed by atoms with Crippen LogP contribution in [0.25, 0.3) is 0 Å². The molecule has 0 unspecified atom stereocenters. The third kappa shape index (κ3) is 4.09. The van der Waals surface area contributed by atoms with Crippen molar-refractivity contribution in [3.63, 3.8) is 0 Å². The van der Waals surface area contributed by atoms with E-state index >= 15 is 0 Å². The number of pyridine rings is 1. The van der Waals surface area contributed by atoms with Crippen LogP contribution in [0.5, 0.6) is 0 Å². The van der Waals surface area contributed by atoms with Crippen LogP contribution in [-0.4, -0.2) is 53.0 Å². The zero-order valence-electron chi connectivity index (χ0n) is 15.1. The molecule has 0 saturated carbocycles. The van der Waals surface area contributed by atoms with Gasteiger partial charge in [-0.15, -0.1) is 0 Å². The molecule has 1 N–H and O–H groups in total. The Morgan fingerprint density at radius 3 is 2.81 bits per heavy atom. The van der Waals surface area contributed by atoms with Crippen molar-refractivity contribution in [1.82, 2.24) is 14.8 Å². The Morgan fingerprint density at radius 2 is 1.96 bits per heavy atom. The fourth-order valence-corrected chi connectivity index (χ4v) is 3.49. The molecule has 0 aliphatic carbocycles. The van der Waals surface area contributed by atoms with Gasteiger partial charge in [0, 0.05) is 56.4 Å². The highest BCUT2D eigenvalue weighted by Gasteiger charge is 2.23. The first-order chi connectivity index (χ1) is 13.2. The standard InChI is InChI=1S/C20H22N4O3/c25-19-18-3-2-17(12-16(18)14-27-19)22-20(26)24-9-1-8-23(10-11-24)13-15-4-6-21-7-5-15/h2-7,12H,1,8-11,13-14H2,(H,22,26). The van der Waals surface area contributed by atoms with Crippen LogP contribution < -0.4 is 5.32 Å². The Labute approximate surface area is 157 Å². The first-order valence-corrected chi connectivity index (χ1v) is 9.16. The van der Waals surface area contributed by atoms with Gasteiger partial charge in [0.1, 0.15) is 6.61 Å². The summed E-state index contributed by atoms with van der Waals surface area (Å²) in [6.45, 7) is 4.35. The first kappa shape index (κ1) is 17.5. The summed E-state index contributed by atoms with van der Waals surface area (Å²) in [6.07, 6.45) is 4.55. The molecule has 0 bridgehead atoms. The highest BCUT2D eigenvalue weighted by Crippen LogP contribution is 2.23. The van der Waals surface area contributed by atoms with Crippen LogP contribution in [0.2, 0.25) is 0 Å². The predicted octanol–water partition coefficient (Wildman–Crippen LogP) is 2.49. The Morgan fingerprint density at radius 1 is 1.11 bits per heavy atom. The zero-order valence-corrected chi connectivity index (χ0v) is 15.1. The second-order valence-electron chi connectivity index (χ2n) is 6.85. The number of carbonyl (C=O) groups is 2. The van der Waals surface area contributed by atoms with Crippen molar-refractivity contribution in [2.24, 2.45) is 0 Å². The fourth-order valence-electron chi connectivity index (χ4n) is 3.49. The summed E-state index contributed by atoms with van der Waals surface area (Å²) < 4.78 is 5.01. The summed E-state index contributed by atoms with van der Waals surface area (Å²) in [5.74, 6) is -0.301. The lowest BCUT2D eigenvalue weighted by molar-refractivity contribution is 0.0535. The van der Waals surface area contributed by atoms with Crippen LogP contribution in [0.15, 0.2) is 42.7 Å². The summed E-state index contributed by atoms with van der Waals surface area (Å²) in [5, 5.41) is 2.94. The highest BCUT2D eigenvalue weighted by molar-refractivity contribution is 5.95. The van der Waals surface area contributed by atoms with Gasteiger partial charge in [0.2, 0.25) is 0 Å². The number of ether oxygens (including phenoxy) is 1. The van der Waals surface area contributed by atoms with E-state index in [1.54, 1.807) is 12.1 Å². The molecular weight excluding hydrogens is 344 g/mol. The fraction of sp³-hybridized carbons (Fsp3) is 0.350. The lowest BCUT2D eigenvalue weighted by Gasteiger charge is -2.22. The molecule has 2 aliphatic heterocycles. The molecule has 27 heavy (non-hydrogen) atoms. The van der Waals surface area contributed by atoms with E-state index in [0.29, 0.717) is 17.8 Å². The van der Waals surface area contributed by atoms with Gasteiger partial charge in [0.05, 0.1) is 5.56 Å². The zero-order chi connectivity index (χ0) is 18.6. The van der Waals surface area contributed by atoms with E-state index in [9.17, 15) is 9.59 Å². The molecule has 7 nitrogen and oxygen atoms in total. The number of carbonyl (C=O) groups excluding carboxylic acids is 2. The van der Waals surface area contributed by atoms with Crippen LogP contribution in [0.3, 0.4) is 0 Å². The summed E-state index contributed by atoms with van der Waals surface area (Å²) in [7, 11) is 0. The van der Waals surface area contributed by atoms with Crippen molar-refractivity contribution in [3.05, 3.63) is 59.4 Å². The molecule has 2 amide bonds. The minimum atomic E-state index is -0.301. The van der Waals surface area contributed by atoms with E-state index in [0.717, 1.165) is 38.2 Å². The van der Waals surface area contributed by atoms with Crippen LogP contribution in [-0.2, 0) is 17.9 Å². The van der Waals surface area contributed by atoms with E-state index in [2.05, 4.69) is 15.2 Å². The van der Waals surface area contributed by atoms with Gasteiger partial charge in [-0.05, 0) is 42.3 Å². The number of rotatable bonds is 3. The van der Waals surface area contributed by atoms with Crippen LogP contribution >= 0.6 is 0 Å². The number of hydrogen-bond acceptors (Lipinski definition) is 5. The summed E-state index contributed by atoms with van der Waals surface area (Å²) in [5.41, 5.74) is 3.32. The first-order valence-electron chi connectivity index (χ1n) is 9.16. The van der Waals surface area contributed by atoms with E-state index in [4.69, 9.17) is 4.74 Å². The summed E-state index contributed by atoms with van der Waals surface area (Å²) in [6, 6.07) is 9.21. The van der Waals surface area contributed by atoms with Crippen molar-refractivity contribution in [2.45, 2.75) is 19.6 Å². The third-order valence-electron chi connectivity index (χ3n) is 4.97. The second kappa shape index (κ2) is 7.75. The number of fused-ring (bicyclic) bond motifs is 1. The largest absolute Gasteiger partial charge is 0.457 e. The Bertz CT molecular complexity index is 840. The minimum absolute atomic E-state index is 0.106. The van der Waals surface area contributed by atoms with Crippen LogP contribution in [0, 0.1) is 0 Å². The van der Waals surface area contributed by atoms with E-state index in [1.165, 1.54) is 5.56 Å². The highest BCUT2D eigenvalue weighted by atomic mass is 16.5. The number of anilines is 1. The Hall–Kier alpha value is -2.93. The number of aromatic nitrogens is 1. The quantitative estimate of drug-likeness (QED) is 0.845. The van der Waals surface area contributed by atoms with E-state index in [-0.39, 0.29) is 18.6 Å². The van der Waals surface area contributed by atoms with Crippen LogP contribution in [0.4, 0.5) is 10.5 Å². The van der Waals surface area contributed by atoms with Gasteiger partial charge in [0.25, 0.3) is 0 Å². The Kier molecular flexibility index (Phi) is 5.02. The molecule has 1 aromatic heterocycles. The number of amides is 2. The average Bonchev–Trinajstić information content (AvgIpc) is 2.89. The normalized spacial score (nSPS) is 17.2. The maximum atomic E-state index is 12.6. The number of nitrogens with zero attached hydrogens (tertiary/aromatic N) is 3. The van der Waals surface area contributed by atoms with Crippen molar-refractivity contribution in [3.8, 4) is 0 Å². The molecule has 0 atom stereocenters. The molecule has 7 heteroatoms. The van der Waals surface area contributed by atoms with Crippen molar-refractivity contribution < 1.29 is 14.3 Å². The van der Waals surface area contributed by atoms with Gasteiger partial charge < -0.3 is 15.0 Å². The SMILES string of the molecule is O=C1OCc2cc(NC(=O)N3CCCN(Cc4ccncc4)CC3)ccc21. The third-order valence-corrected chi connectivity index (χ3v) is 4.97. The van der Waals surface area contributed by atoms with Crippen molar-refractivity contribution in [1.29, 1.82) is 0 Å². The molecule has 4 rings (SSSR count). The maximum Gasteiger partial charge on any atom is 0.338 e. The lowest BCUT2D eigenvalue weighted by atomic mass is 10.1.